The van der Waals surface area contributed by atoms with Gasteiger partial charge < -0.3 is 4.84 Å². The van der Waals surface area contributed by atoms with Crippen LogP contribution in [-0.4, -0.2) is 11.9 Å². The van der Waals surface area contributed by atoms with Crippen LogP contribution >= 0.6 is 0 Å². The fraction of sp³-hybridized carbons (Fsp3) is 0.944. The zero-order valence-electron chi connectivity index (χ0n) is 27.4. The molecular weight excluding hydrogens is 494 g/mol. The van der Waals surface area contributed by atoms with Gasteiger partial charge >= 0.3 is 5.97 Å². The van der Waals surface area contributed by atoms with Crippen LogP contribution in [0.2, 0.25) is 0 Å². The van der Waals surface area contributed by atoms with E-state index in [2.05, 4.69) is 19.3 Å². The molecule has 1 N–H and O–H groups in total. The molecule has 0 saturated heterocycles. The van der Waals surface area contributed by atoms with Gasteiger partial charge in [0.05, 0.1) is 0 Å². The lowest BCUT2D eigenvalue weighted by Gasteiger charge is -2.06. The number of hydroxylamine groups is 1. The number of nitrogens with one attached hydrogen (secondary N) is 1. The second-order valence-corrected chi connectivity index (χ2v) is 12.4. The second-order valence-electron chi connectivity index (χ2n) is 12.4. The van der Waals surface area contributed by atoms with Crippen LogP contribution in [0.1, 0.15) is 219 Å². The maximum Gasteiger partial charge on any atom is 0.332 e. The summed E-state index contributed by atoms with van der Waals surface area (Å²) in [5.41, 5.74) is 2.35. The lowest BCUT2D eigenvalue weighted by Crippen LogP contribution is -2.26. The highest BCUT2D eigenvalue weighted by Gasteiger charge is 2.07. The molecule has 0 heterocycles. The molecule has 0 aromatic carbocycles. The highest BCUT2D eigenvalue weighted by atomic mass is 16.7. The Bertz CT molecular complexity index is 476. The van der Waals surface area contributed by atoms with Gasteiger partial charge in [-0.3, -0.25) is 4.79 Å². The second kappa shape index (κ2) is 34.1. The number of hydrogen-bond acceptors (Lipinski definition) is 3. The van der Waals surface area contributed by atoms with E-state index in [0.717, 1.165) is 25.7 Å². The van der Waals surface area contributed by atoms with E-state index in [0.29, 0.717) is 12.8 Å². The van der Waals surface area contributed by atoms with E-state index >= 15 is 0 Å². The number of carbonyl (C=O) groups excluding carboxylic acids is 2. The molecule has 40 heavy (non-hydrogen) atoms. The standard InChI is InChI=1S/C36H71NO3/c1-3-5-7-9-11-13-15-17-19-21-23-25-27-29-31-33-35(38)37-40-36(39)34-32-30-28-26-24-22-20-18-16-14-12-10-8-6-4-2/h3-34H2,1-2H3,(H,37,38). The monoisotopic (exact) mass is 566 g/mol. The summed E-state index contributed by atoms with van der Waals surface area (Å²) in [4.78, 5) is 28.7. The number of unbranched alkanes of at least 4 members (excludes halogenated alkanes) is 28. The first-order chi connectivity index (χ1) is 19.7. The number of rotatable bonds is 32. The topological polar surface area (TPSA) is 55.4 Å². The summed E-state index contributed by atoms with van der Waals surface area (Å²) in [7, 11) is 0. The molecule has 0 radical (unpaired) electrons. The molecule has 4 nitrogen and oxygen atoms in total. The van der Waals surface area contributed by atoms with Gasteiger partial charge in [0.2, 0.25) is 0 Å². The molecule has 0 bridgehead atoms. The van der Waals surface area contributed by atoms with Crippen LogP contribution in [0.3, 0.4) is 0 Å². The first-order valence-electron chi connectivity index (χ1n) is 18.2. The predicted octanol–water partition coefficient (Wildman–Crippen LogP) is 12.1. The maximum atomic E-state index is 11.9. The molecule has 1 amide bonds. The molecule has 0 spiro atoms. The van der Waals surface area contributed by atoms with E-state index in [9.17, 15) is 9.59 Å². The molecule has 238 valence electrons. The molecule has 0 aromatic rings. The molecule has 0 aliphatic carbocycles. The van der Waals surface area contributed by atoms with Gasteiger partial charge in [-0.15, -0.1) is 0 Å². The number of amides is 1. The SMILES string of the molecule is CCCCCCCCCCCCCCCCCC(=O)NOC(=O)CCCCCCCCCCCCCCCCC. The summed E-state index contributed by atoms with van der Waals surface area (Å²) < 4.78 is 0. The zero-order chi connectivity index (χ0) is 29.2. The quantitative estimate of drug-likeness (QED) is 0.0651. The van der Waals surface area contributed by atoms with Crippen LogP contribution in [0.25, 0.3) is 0 Å². The lowest BCUT2D eigenvalue weighted by atomic mass is 10.0. The third-order valence-corrected chi connectivity index (χ3v) is 8.27. The van der Waals surface area contributed by atoms with Crippen molar-refractivity contribution in [1.29, 1.82) is 0 Å². The fourth-order valence-corrected chi connectivity index (χ4v) is 5.51. The summed E-state index contributed by atoms with van der Waals surface area (Å²) in [6, 6.07) is 0. The minimum absolute atomic E-state index is 0.167. The third kappa shape index (κ3) is 33.1. The van der Waals surface area contributed by atoms with Crippen molar-refractivity contribution in [2.24, 2.45) is 0 Å². The van der Waals surface area contributed by atoms with Crippen LogP contribution in [0.5, 0.6) is 0 Å². The van der Waals surface area contributed by atoms with Crippen molar-refractivity contribution in [2.75, 3.05) is 0 Å². The lowest BCUT2D eigenvalue weighted by molar-refractivity contribution is -0.158. The molecular formula is C36H71NO3. The third-order valence-electron chi connectivity index (χ3n) is 8.27. The summed E-state index contributed by atoms with van der Waals surface area (Å²) in [6.45, 7) is 4.55. The first kappa shape index (κ1) is 38.9. The van der Waals surface area contributed by atoms with E-state index in [1.807, 2.05) is 0 Å². The Hall–Kier alpha value is -1.06. The van der Waals surface area contributed by atoms with Crippen molar-refractivity contribution in [2.45, 2.75) is 219 Å². The average Bonchev–Trinajstić information content (AvgIpc) is 2.96. The molecule has 0 rings (SSSR count). The van der Waals surface area contributed by atoms with Crippen LogP contribution in [0.15, 0.2) is 0 Å². The minimum atomic E-state index is -0.306. The van der Waals surface area contributed by atoms with Gasteiger partial charge in [0.25, 0.3) is 5.91 Å². The normalized spacial score (nSPS) is 11.2. The highest BCUT2D eigenvalue weighted by molar-refractivity contribution is 5.77. The van der Waals surface area contributed by atoms with Gasteiger partial charge in [-0.2, -0.15) is 5.48 Å². The van der Waals surface area contributed by atoms with Crippen LogP contribution in [0, 0.1) is 0 Å². The summed E-state index contributed by atoms with van der Waals surface area (Å²) >= 11 is 0. The average molecular weight is 566 g/mol. The maximum absolute atomic E-state index is 11.9. The Balaban J connectivity index is 3.27. The Kier molecular flexibility index (Phi) is 33.2. The van der Waals surface area contributed by atoms with E-state index in [1.165, 1.54) is 167 Å². The van der Waals surface area contributed by atoms with Crippen LogP contribution in [-0.2, 0) is 14.4 Å². The molecule has 0 fully saturated rings. The van der Waals surface area contributed by atoms with Crippen molar-refractivity contribution >= 4 is 11.9 Å². The van der Waals surface area contributed by atoms with Gasteiger partial charge in [0.15, 0.2) is 0 Å². The van der Waals surface area contributed by atoms with Gasteiger partial charge in [-0.25, -0.2) is 4.79 Å². The van der Waals surface area contributed by atoms with Crippen LogP contribution in [0.4, 0.5) is 0 Å². The summed E-state index contributed by atoms with van der Waals surface area (Å²) in [5, 5.41) is 0. The van der Waals surface area contributed by atoms with E-state index in [-0.39, 0.29) is 11.9 Å². The van der Waals surface area contributed by atoms with E-state index < -0.39 is 0 Å². The molecule has 0 atom stereocenters. The highest BCUT2D eigenvalue weighted by Crippen LogP contribution is 2.15. The predicted molar refractivity (Wildman–Crippen MR) is 173 cm³/mol. The first-order valence-corrected chi connectivity index (χ1v) is 18.2. The fourth-order valence-electron chi connectivity index (χ4n) is 5.51. The Morgan fingerprint density at radius 1 is 0.375 bits per heavy atom. The Labute approximate surface area is 250 Å². The smallest absolute Gasteiger partial charge is 0.332 e. The van der Waals surface area contributed by atoms with E-state index in [4.69, 9.17) is 4.84 Å². The number of hydrogen-bond donors (Lipinski definition) is 1. The largest absolute Gasteiger partial charge is 0.341 e. The molecule has 0 aliphatic heterocycles. The van der Waals surface area contributed by atoms with Crippen molar-refractivity contribution in [3.8, 4) is 0 Å². The van der Waals surface area contributed by atoms with E-state index in [1.54, 1.807) is 0 Å². The molecule has 0 aliphatic rings. The molecule has 0 aromatic heterocycles. The van der Waals surface area contributed by atoms with Crippen molar-refractivity contribution in [3.05, 3.63) is 0 Å². The minimum Gasteiger partial charge on any atom is -0.341 e. The molecule has 0 unspecified atom stereocenters. The number of carbonyl (C=O) groups is 2. The van der Waals surface area contributed by atoms with Crippen molar-refractivity contribution < 1.29 is 14.4 Å². The van der Waals surface area contributed by atoms with Gasteiger partial charge in [0.1, 0.15) is 0 Å². The van der Waals surface area contributed by atoms with Gasteiger partial charge in [-0.1, -0.05) is 194 Å². The van der Waals surface area contributed by atoms with Crippen molar-refractivity contribution in [1.82, 2.24) is 5.48 Å². The zero-order valence-corrected chi connectivity index (χ0v) is 27.4. The van der Waals surface area contributed by atoms with Gasteiger partial charge in [0, 0.05) is 12.8 Å². The van der Waals surface area contributed by atoms with Crippen molar-refractivity contribution in [3.63, 3.8) is 0 Å². The summed E-state index contributed by atoms with van der Waals surface area (Å²) in [6.07, 6.45) is 40.2. The Morgan fingerprint density at radius 2 is 0.625 bits per heavy atom. The van der Waals surface area contributed by atoms with Crippen LogP contribution < -0.4 is 5.48 Å². The van der Waals surface area contributed by atoms with Gasteiger partial charge in [-0.05, 0) is 12.8 Å². The Morgan fingerprint density at radius 3 is 0.925 bits per heavy atom. The molecule has 0 saturated carbocycles. The molecule has 4 heteroatoms. The summed E-state index contributed by atoms with van der Waals surface area (Å²) in [5.74, 6) is -0.473.